The Morgan fingerprint density at radius 1 is 1.35 bits per heavy atom. The fraction of sp³-hybridized carbons (Fsp3) is 0.647. The first-order valence-corrected chi connectivity index (χ1v) is 8.44. The fourth-order valence-corrected chi connectivity index (χ4v) is 3.18. The summed E-state index contributed by atoms with van der Waals surface area (Å²) in [5, 5.41) is 3.03. The Morgan fingerprint density at radius 2 is 2.17 bits per heavy atom. The number of rotatable bonds is 4. The third kappa shape index (κ3) is 4.42. The van der Waals surface area contributed by atoms with E-state index in [4.69, 9.17) is 4.74 Å². The van der Waals surface area contributed by atoms with Crippen LogP contribution < -0.4 is 5.32 Å². The van der Waals surface area contributed by atoms with E-state index in [0.717, 1.165) is 57.9 Å². The van der Waals surface area contributed by atoms with Crippen molar-refractivity contribution in [3.05, 3.63) is 30.1 Å². The van der Waals surface area contributed by atoms with Gasteiger partial charge in [-0.25, -0.2) is 4.79 Å². The summed E-state index contributed by atoms with van der Waals surface area (Å²) in [5.41, 5.74) is 0.896. The molecule has 0 spiro atoms. The van der Waals surface area contributed by atoms with Gasteiger partial charge in [0.05, 0.1) is 11.3 Å². The molecule has 2 amide bonds. The van der Waals surface area contributed by atoms with Crippen LogP contribution in [0.2, 0.25) is 0 Å². The van der Waals surface area contributed by atoms with E-state index in [1.165, 1.54) is 0 Å². The second-order valence-electron chi connectivity index (χ2n) is 6.64. The molecule has 6 heteroatoms. The van der Waals surface area contributed by atoms with Crippen molar-refractivity contribution in [2.45, 2.75) is 31.9 Å². The van der Waals surface area contributed by atoms with Gasteiger partial charge >= 0.3 is 6.03 Å². The molecule has 0 aromatic carbocycles. The molecule has 126 valence electrons. The second kappa shape index (κ2) is 7.27. The Morgan fingerprint density at radius 3 is 2.83 bits per heavy atom. The zero-order valence-corrected chi connectivity index (χ0v) is 13.8. The third-order valence-corrected chi connectivity index (χ3v) is 4.69. The number of urea groups is 1. The molecule has 0 unspecified atom stereocenters. The molecule has 0 saturated carbocycles. The lowest BCUT2D eigenvalue weighted by Gasteiger charge is -2.35. The van der Waals surface area contributed by atoms with Gasteiger partial charge in [-0.2, -0.15) is 0 Å². The smallest absolute Gasteiger partial charge is 0.317 e. The number of carbonyl (C=O) groups is 1. The van der Waals surface area contributed by atoms with Gasteiger partial charge in [0, 0.05) is 52.1 Å². The van der Waals surface area contributed by atoms with Gasteiger partial charge in [0.15, 0.2) is 0 Å². The maximum absolute atomic E-state index is 12.3. The van der Waals surface area contributed by atoms with Crippen molar-refractivity contribution in [2.75, 3.05) is 39.3 Å². The van der Waals surface area contributed by atoms with Crippen LogP contribution >= 0.6 is 0 Å². The Kier molecular flexibility index (Phi) is 5.13. The van der Waals surface area contributed by atoms with Crippen LogP contribution in [0.3, 0.4) is 0 Å². The van der Waals surface area contributed by atoms with Gasteiger partial charge in [-0.3, -0.25) is 9.88 Å². The highest BCUT2D eigenvalue weighted by Gasteiger charge is 2.31. The van der Waals surface area contributed by atoms with Gasteiger partial charge in [0.25, 0.3) is 0 Å². The second-order valence-corrected chi connectivity index (χ2v) is 6.64. The summed E-state index contributed by atoms with van der Waals surface area (Å²) in [7, 11) is 0. The summed E-state index contributed by atoms with van der Waals surface area (Å²) < 4.78 is 5.71. The molecule has 0 radical (unpaired) electrons. The number of carbonyl (C=O) groups excluding carboxylic acids is 1. The minimum Gasteiger partial charge on any atom is -0.373 e. The van der Waals surface area contributed by atoms with E-state index in [-0.39, 0.29) is 11.6 Å². The third-order valence-electron chi connectivity index (χ3n) is 4.69. The summed E-state index contributed by atoms with van der Waals surface area (Å²) in [5.74, 6) is 0. The Bertz CT molecular complexity index is 509. The van der Waals surface area contributed by atoms with Crippen molar-refractivity contribution in [1.29, 1.82) is 0 Å². The largest absolute Gasteiger partial charge is 0.373 e. The molecule has 2 aliphatic heterocycles. The predicted octanol–water partition coefficient (Wildman–Crippen LogP) is 1.48. The van der Waals surface area contributed by atoms with Crippen molar-refractivity contribution < 1.29 is 9.53 Å². The molecule has 2 fully saturated rings. The van der Waals surface area contributed by atoms with E-state index in [1.54, 1.807) is 0 Å². The van der Waals surface area contributed by atoms with E-state index >= 15 is 0 Å². The number of hydrogen-bond donors (Lipinski definition) is 1. The van der Waals surface area contributed by atoms with E-state index in [2.05, 4.69) is 22.1 Å². The first kappa shape index (κ1) is 16.2. The topological polar surface area (TPSA) is 57.7 Å². The van der Waals surface area contributed by atoms with E-state index < -0.39 is 0 Å². The molecule has 2 aliphatic rings. The van der Waals surface area contributed by atoms with Crippen LogP contribution in [0, 0.1) is 0 Å². The Hall–Kier alpha value is -1.66. The lowest BCUT2D eigenvalue weighted by Crippen LogP contribution is -2.53. The quantitative estimate of drug-likeness (QED) is 0.913. The van der Waals surface area contributed by atoms with Gasteiger partial charge in [0.1, 0.15) is 0 Å². The standard InChI is InChI=1S/C17H26N4O2/c1-17(6-4-12-23-17)14-19-16(22)21-10-8-20(9-11-21)13-15-5-2-3-7-18-15/h2-3,5,7H,4,6,8-14H2,1H3,(H,19,22)/t17-/m1/s1. The molecule has 1 aromatic rings. The molecule has 0 bridgehead atoms. The molecule has 1 aromatic heterocycles. The van der Waals surface area contributed by atoms with Crippen molar-refractivity contribution >= 4 is 6.03 Å². The summed E-state index contributed by atoms with van der Waals surface area (Å²) in [6.45, 7) is 7.62. The Labute approximate surface area is 137 Å². The van der Waals surface area contributed by atoms with Gasteiger partial charge < -0.3 is 15.0 Å². The van der Waals surface area contributed by atoms with Crippen molar-refractivity contribution in [2.24, 2.45) is 0 Å². The van der Waals surface area contributed by atoms with Crippen molar-refractivity contribution in [3.63, 3.8) is 0 Å². The van der Waals surface area contributed by atoms with Gasteiger partial charge in [-0.15, -0.1) is 0 Å². The highest BCUT2D eigenvalue weighted by Crippen LogP contribution is 2.23. The molecule has 23 heavy (non-hydrogen) atoms. The molecule has 6 nitrogen and oxygen atoms in total. The van der Waals surface area contributed by atoms with Crippen LogP contribution in [-0.4, -0.2) is 65.7 Å². The van der Waals surface area contributed by atoms with Crippen LogP contribution in [0.15, 0.2) is 24.4 Å². The van der Waals surface area contributed by atoms with Gasteiger partial charge in [-0.05, 0) is 31.9 Å². The number of nitrogens with zero attached hydrogens (tertiary/aromatic N) is 3. The lowest BCUT2D eigenvalue weighted by atomic mass is 10.0. The highest BCUT2D eigenvalue weighted by atomic mass is 16.5. The van der Waals surface area contributed by atoms with Gasteiger partial charge in [-0.1, -0.05) is 6.07 Å². The van der Waals surface area contributed by atoms with E-state index in [9.17, 15) is 4.79 Å². The number of pyridine rings is 1. The summed E-state index contributed by atoms with van der Waals surface area (Å²) in [6, 6.07) is 6.01. The number of amides is 2. The van der Waals surface area contributed by atoms with Crippen LogP contribution in [0.5, 0.6) is 0 Å². The minimum absolute atomic E-state index is 0.0270. The number of ether oxygens (including phenoxy) is 1. The number of nitrogens with one attached hydrogen (secondary N) is 1. The summed E-state index contributed by atoms with van der Waals surface area (Å²) in [6.07, 6.45) is 3.93. The van der Waals surface area contributed by atoms with Gasteiger partial charge in [0.2, 0.25) is 0 Å². The van der Waals surface area contributed by atoms with E-state index in [0.29, 0.717) is 6.54 Å². The molecule has 3 heterocycles. The maximum Gasteiger partial charge on any atom is 0.317 e. The monoisotopic (exact) mass is 318 g/mol. The molecular weight excluding hydrogens is 292 g/mol. The number of piperazine rings is 1. The zero-order chi connectivity index (χ0) is 16.1. The SMILES string of the molecule is C[C@]1(CNC(=O)N2CCN(Cc3ccccn3)CC2)CCCO1. The Balaban J connectivity index is 1.40. The number of hydrogen-bond acceptors (Lipinski definition) is 4. The summed E-state index contributed by atoms with van der Waals surface area (Å²) >= 11 is 0. The first-order valence-electron chi connectivity index (χ1n) is 8.44. The van der Waals surface area contributed by atoms with Crippen LogP contribution in [-0.2, 0) is 11.3 Å². The van der Waals surface area contributed by atoms with Crippen molar-refractivity contribution in [1.82, 2.24) is 20.1 Å². The molecule has 1 atom stereocenters. The lowest BCUT2D eigenvalue weighted by molar-refractivity contribution is 0.0213. The first-order chi connectivity index (χ1) is 11.1. The molecular formula is C17H26N4O2. The average Bonchev–Trinajstić information content (AvgIpc) is 3.01. The predicted molar refractivity (Wildman–Crippen MR) is 88.1 cm³/mol. The zero-order valence-electron chi connectivity index (χ0n) is 13.8. The van der Waals surface area contributed by atoms with E-state index in [1.807, 2.05) is 29.3 Å². The molecule has 2 saturated heterocycles. The molecule has 0 aliphatic carbocycles. The average molecular weight is 318 g/mol. The van der Waals surface area contributed by atoms with Crippen molar-refractivity contribution in [3.8, 4) is 0 Å². The highest BCUT2D eigenvalue weighted by molar-refractivity contribution is 5.74. The van der Waals surface area contributed by atoms with Crippen LogP contribution in [0.1, 0.15) is 25.5 Å². The fourth-order valence-electron chi connectivity index (χ4n) is 3.18. The molecule has 3 rings (SSSR count). The summed E-state index contributed by atoms with van der Waals surface area (Å²) in [4.78, 5) is 20.9. The minimum atomic E-state index is -0.184. The normalized spacial score (nSPS) is 25.5. The van der Waals surface area contributed by atoms with Crippen LogP contribution in [0.25, 0.3) is 0 Å². The van der Waals surface area contributed by atoms with Crippen LogP contribution in [0.4, 0.5) is 4.79 Å². The number of aromatic nitrogens is 1. The maximum atomic E-state index is 12.3. The molecule has 1 N–H and O–H groups in total.